The van der Waals surface area contributed by atoms with Crippen LogP contribution in [0.25, 0.3) is 0 Å². The van der Waals surface area contributed by atoms with Crippen molar-refractivity contribution in [2.45, 2.75) is 33.1 Å². The molecule has 2 rings (SSSR count). The first-order valence-electron chi connectivity index (χ1n) is 6.55. The van der Waals surface area contributed by atoms with Crippen LogP contribution in [0.15, 0.2) is 54.6 Å². The lowest BCUT2D eigenvalue weighted by molar-refractivity contribution is 0.625. The minimum Gasteiger partial charge on any atom is -0.207 e. The van der Waals surface area contributed by atoms with Crippen LogP contribution in [0.5, 0.6) is 0 Å². The van der Waals surface area contributed by atoms with Gasteiger partial charge in [0.25, 0.3) is 0 Å². The number of benzene rings is 2. The largest absolute Gasteiger partial charge is 0.207 e. The van der Waals surface area contributed by atoms with Crippen LogP contribution in [-0.2, 0) is 6.42 Å². The monoisotopic (exact) mass is 244 g/mol. The maximum Gasteiger partial charge on any atom is 0.123 e. The number of halogens is 1. The van der Waals surface area contributed by atoms with Crippen molar-refractivity contribution >= 4 is 0 Å². The van der Waals surface area contributed by atoms with E-state index in [0.717, 1.165) is 6.42 Å². The van der Waals surface area contributed by atoms with Crippen LogP contribution in [0.1, 0.15) is 37.8 Å². The van der Waals surface area contributed by atoms with E-state index in [1.807, 2.05) is 44.2 Å². The molecule has 0 N–H and O–H groups in total. The molecule has 0 aliphatic carbocycles. The Bertz CT molecular complexity index is 431. The van der Waals surface area contributed by atoms with E-state index in [9.17, 15) is 4.39 Å². The zero-order valence-corrected chi connectivity index (χ0v) is 11.4. The first-order valence-corrected chi connectivity index (χ1v) is 6.55. The van der Waals surface area contributed by atoms with Gasteiger partial charge in [0, 0.05) is 0 Å². The van der Waals surface area contributed by atoms with Gasteiger partial charge >= 0.3 is 0 Å². The Morgan fingerprint density at radius 2 is 1.44 bits per heavy atom. The molecule has 0 fully saturated rings. The summed E-state index contributed by atoms with van der Waals surface area (Å²) in [5.74, 6) is 0.249. The van der Waals surface area contributed by atoms with E-state index in [4.69, 9.17) is 0 Å². The minimum atomic E-state index is -0.171. The molecule has 0 saturated heterocycles. The molecule has 0 aliphatic heterocycles. The summed E-state index contributed by atoms with van der Waals surface area (Å²) in [5.41, 5.74) is 2.50. The Balaban J connectivity index is 0.000000771. The maximum atomic E-state index is 12.8. The SMILES string of the molecule is CC.CC(Cc1ccccc1)c1ccc(F)cc1. The molecule has 1 heteroatoms. The van der Waals surface area contributed by atoms with Gasteiger partial charge in [-0.2, -0.15) is 0 Å². The van der Waals surface area contributed by atoms with Crippen molar-refractivity contribution in [3.05, 3.63) is 71.5 Å². The smallest absolute Gasteiger partial charge is 0.123 e. The Morgan fingerprint density at radius 1 is 0.889 bits per heavy atom. The van der Waals surface area contributed by atoms with Crippen molar-refractivity contribution < 1.29 is 4.39 Å². The normalized spacial score (nSPS) is 11.3. The van der Waals surface area contributed by atoms with Gasteiger partial charge in [0.1, 0.15) is 5.82 Å². The molecule has 0 amide bonds. The zero-order valence-electron chi connectivity index (χ0n) is 11.4. The fourth-order valence-corrected chi connectivity index (χ4v) is 1.88. The number of hydrogen-bond donors (Lipinski definition) is 0. The lowest BCUT2D eigenvalue weighted by Gasteiger charge is -2.11. The van der Waals surface area contributed by atoms with Crippen LogP contribution in [0.4, 0.5) is 4.39 Å². The first-order chi connectivity index (χ1) is 8.75. The van der Waals surface area contributed by atoms with E-state index >= 15 is 0 Å². The van der Waals surface area contributed by atoms with Gasteiger partial charge in [0.05, 0.1) is 0 Å². The van der Waals surface area contributed by atoms with Gasteiger partial charge in [0.2, 0.25) is 0 Å². The summed E-state index contributed by atoms with van der Waals surface area (Å²) in [4.78, 5) is 0. The van der Waals surface area contributed by atoms with Gasteiger partial charge in [-0.25, -0.2) is 4.39 Å². The third-order valence-corrected chi connectivity index (χ3v) is 2.82. The van der Waals surface area contributed by atoms with Gasteiger partial charge in [0.15, 0.2) is 0 Å². The molecule has 96 valence electrons. The fraction of sp³-hybridized carbons (Fsp3) is 0.294. The Kier molecular flexibility index (Phi) is 6.13. The molecule has 0 heterocycles. The van der Waals surface area contributed by atoms with Crippen molar-refractivity contribution in [2.24, 2.45) is 0 Å². The molecule has 18 heavy (non-hydrogen) atoms. The molecule has 0 aliphatic rings. The summed E-state index contributed by atoms with van der Waals surface area (Å²) >= 11 is 0. The van der Waals surface area contributed by atoms with E-state index in [1.165, 1.54) is 23.3 Å². The molecule has 1 unspecified atom stereocenters. The van der Waals surface area contributed by atoms with Crippen LogP contribution in [0, 0.1) is 5.82 Å². The molecule has 0 spiro atoms. The molecule has 0 aromatic heterocycles. The van der Waals surface area contributed by atoms with E-state index in [2.05, 4.69) is 19.1 Å². The zero-order chi connectivity index (χ0) is 13.4. The van der Waals surface area contributed by atoms with Crippen molar-refractivity contribution in [1.29, 1.82) is 0 Å². The van der Waals surface area contributed by atoms with Crippen LogP contribution in [0.3, 0.4) is 0 Å². The standard InChI is InChI=1S/C15H15F.C2H6/c1-12(11-13-5-3-2-4-6-13)14-7-9-15(16)10-8-14;1-2/h2-10,12H,11H2,1H3;1-2H3. The van der Waals surface area contributed by atoms with Crippen LogP contribution in [0.2, 0.25) is 0 Å². The molecule has 2 aromatic rings. The highest BCUT2D eigenvalue weighted by Crippen LogP contribution is 2.20. The third-order valence-electron chi connectivity index (χ3n) is 2.82. The van der Waals surface area contributed by atoms with Gasteiger partial charge in [-0.1, -0.05) is 63.2 Å². The molecular weight excluding hydrogens is 223 g/mol. The second-order valence-electron chi connectivity index (χ2n) is 4.14. The lowest BCUT2D eigenvalue weighted by atomic mass is 9.94. The summed E-state index contributed by atoms with van der Waals surface area (Å²) in [6.45, 7) is 6.17. The Morgan fingerprint density at radius 3 is 2.00 bits per heavy atom. The van der Waals surface area contributed by atoms with E-state index in [0.29, 0.717) is 5.92 Å². The summed E-state index contributed by atoms with van der Waals surface area (Å²) in [6.07, 6.45) is 0.993. The highest BCUT2D eigenvalue weighted by Gasteiger charge is 2.06. The average molecular weight is 244 g/mol. The highest BCUT2D eigenvalue weighted by atomic mass is 19.1. The van der Waals surface area contributed by atoms with Crippen molar-refractivity contribution in [3.63, 3.8) is 0 Å². The Labute approximate surface area is 109 Å². The third kappa shape index (κ3) is 4.33. The van der Waals surface area contributed by atoms with Gasteiger partial charge in [-0.3, -0.25) is 0 Å². The van der Waals surface area contributed by atoms with Gasteiger partial charge < -0.3 is 0 Å². The summed E-state index contributed by atoms with van der Waals surface area (Å²) in [5, 5.41) is 0. The van der Waals surface area contributed by atoms with Crippen LogP contribution < -0.4 is 0 Å². The van der Waals surface area contributed by atoms with E-state index in [-0.39, 0.29) is 5.82 Å². The average Bonchev–Trinajstić information content (AvgIpc) is 2.43. The maximum absolute atomic E-state index is 12.8. The van der Waals surface area contributed by atoms with Crippen molar-refractivity contribution in [3.8, 4) is 0 Å². The number of rotatable bonds is 3. The summed E-state index contributed by atoms with van der Waals surface area (Å²) in [7, 11) is 0. The quantitative estimate of drug-likeness (QED) is 0.696. The topological polar surface area (TPSA) is 0 Å². The second kappa shape index (κ2) is 7.65. The molecule has 0 nitrogen and oxygen atoms in total. The molecule has 0 bridgehead atoms. The van der Waals surface area contributed by atoms with Gasteiger partial charge in [-0.15, -0.1) is 0 Å². The molecule has 0 radical (unpaired) electrons. The van der Waals surface area contributed by atoms with Crippen LogP contribution in [-0.4, -0.2) is 0 Å². The van der Waals surface area contributed by atoms with Crippen LogP contribution >= 0.6 is 0 Å². The predicted octanol–water partition coefficient (Wildman–Crippen LogP) is 5.20. The van der Waals surface area contributed by atoms with Crippen molar-refractivity contribution in [1.82, 2.24) is 0 Å². The second-order valence-corrected chi connectivity index (χ2v) is 4.14. The van der Waals surface area contributed by atoms with Gasteiger partial charge in [-0.05, 0) is 35.6 Å². The molecular formula is C17H21F. The van der Waals surface area contributed by atoms with Crippen molar-refractivity contribution in [2.75, 3.05) is 0 Å². The molecule has 1 atom stereocenters. The summed E-state index contributed by atoms with van der Waals surface area (Å²) < 4.78 is 12.8. The number of hydrogen-bond acceptors (Lipinski definition) is 0. The summed E-state index contributed by atoms with van der Waals surface area (Å²) in [6, 6.07) is 17.1. The first kappa shape index (κ1) is 14.4. The molecule has 0 saturated carbocycles. The van der Waals surface area contributed by atoms with E-state index in [1.54, 1.807) is 0 Å². The predicted molar refractivity (Wildman–Crippen MR) is 76.3 cm³/mol. The van der Waals surface area contributed by atoms with E-state index < -0.39 is 0 Å². The Hall–Kier alpha value is -1.63. The highest BCUT2D eigenvalue weighted by molar-refractivity contribution is 5.24. The lowest BCUT2D eigenvalue weighted by Crippen LogP contribution is -1.98. The minimum absolute atomic E-state index is 0.171. The fourth-order valence-electron chi connectivity index (χ4n) is 1.88. The molecule has 2 aromatic carbocycles.